The van der Waals surface area contributed by atoms with Gasteiger partial charge in [0.2, 0.25) is 0 Å². The van der Waals surface area contributed by atoms with Gasteiger partial charge in [0, 0.05) is 12.2 Å². The number of carbonyl (C=O) groups is 1. The molecular formula is C16H19N3O2. The Labute approximate surface area is 124 Å². The third kappa shape index (κ3) is 4.42. The quantitative estimate of drug-likeness (QED) is 0.739. The summed E-state index contributed by atoms with van der Waals surface area (Å²) >= 11 is 0. The van der Waals surface area contributed by atoms with Gasteiger partial charge in [0.05, 0.1) is 12.8 Å². The molecule has 5 heteroatoms. The van der Waals surface area contributed by atoms with Crippen LogP contribution in [0, 0.1) is 0 Å². The first-order valence-corrected chi connectivity index (χ1v) is 6.71. The molecule has 0 radical (unpaired) electrons. The molecule has 0 saturated heterocycles. The number of methoxy groups -OCH3 is 1. The van der Waals surface area contributed by atoms with E-state index in [4.69, 9.17) is 10.5 Å². The Bertz CT molecular complexity index is 597. The number of rotatable bonds is 5. The van der Waals surface area contributed by atoms with Crippen molar-refractivity contribution in [1.29, 1.82) is 0 Å². The molecule has 2 rings (SSSR count). The van der Waals surface area contributed by atoms with Crippen LogP contribution in [0.3, 0.4) is 0 Å². The summed E-state index contributed by atoms with van der Waals surface area (Å²) in [6, 6.07) is 14.6. The highest BCUT2D eigenvalue weighted by molar-refractivity contribution is 5.90. The fourth-order valence-electron chi connectivity index (χ4n) is 1.92. The van der Waals surface area contributed by atoms with E-state index in [9.17, 15) is 4.79 Å². The highest BCUT2D eigenvalue weighted by Crippen LogP contribution is 2.22. The van der Waals surface area contributed by atoms with Crippen LogP contribution in [0.4, 0.5) is 16.2 Å². The lowest BCUT2D eigenvalue weighted by Gasteiger charge is -2.11. The molecule has 4 N–H and O–H groups in total. The van der Waals surface area contributed by atoms with Crippen LogP contribution in [-0.2, 0) is 6.42 Å². The molecule has 110 valence electrons. The number of amides is 2. The molecule has 0 bridgehead atoms. The fraction of sp³-hybridized carbons (Fsp3) is 0.188. The van der Waals surface area contributed by atoms with Crippen LogP contribution in [-0.4, -0.2) is 19.7 Å². The number of benzene rings is 2. The van der Waals surface area contributed by atoms with Crippen molar-refractivity contribution in [2.24, 2.45) is 0 Å². The molecule has 0 spiro atoms. The number of nitrogen functional groups attached to an aromatic ring is 1. The van der Waals surface area contributed by atoms with Gasteiger partial charge in [0.1, 0.15) is 5.75 Å². The monoisotopic (exact) mass is 285 g/mol. The molecule has 0 unspecified atom stereocenters. The SMILES string of the molecule is COc1ccccc1NC(=O)NCCc1ccc(N)cc1. The van der Waals surface area contributed by atoms with Gasteiger partial charge in [-0.15, -0.1) is 0 Å². The van der Waals surface area contributed by atoms with E-state index in [0.29, 0.717) is 18.0 Å². The molecule has 2 aromatic carbocycles. The van der Waals surface area contributed by atoms with Crippen molar-refractivity contribution in [1.82, 2.24) is 5.32 Å². The van der Waals surface area contributed by atoms with Crippen LogP contribution in [0.15, 0.2) is 48.5 Å². The van der Waals surface area contributed by atoms with Gasteiger partial charge in [0.25, 0.3) is 0 Å². The average Bonchev–Trinajstić information content (AvgIpc) is 2.50. The lowest BCUT2D eigenvalue weighted by molar-refractivity contribution is 0.252. The summed E-state index contributed by atoms with van der Waals surface area (Å²) < 4.78 is 5.18. The van der Waals surface area contributed by atoms with E-state index in [-0.39, 0.29) is 6.03 Å². The number of para-hydroxylation sites is 2. The smallest absolute Gasteiger partial charge is 0.319 e. The predicted molar refractivity (Wildman–Crippen MR) is 84.6 cm³/mol. The van der Waals surface area contributed by atoms with Crippen molar-refractivity contribution in [3.05, 3.63) is 54.1 Å². The van der Waals surface area contributed by atoms with Crippen LogP contribution >= 0.6 is 0 Å². The lowest BCUT2D eigenvalue weighted by atomic mass is 10.1. The summed E-state index contributed by atoms with van der Waals surface area (Å²) in [5.74, 6) is 0.631. The van der Waals surface area contributed by atoms with Crippen molar-refractivity contribution >= 4 is 17.4 Å². The van der Waals surface area contributed by atoms with Crippen LogP contribution in [0.1, 0.15) is 5.56 Å². The molecule has 0 saturated carbocycles. The Morgan fingerprint density at radius 3 is 2.57 bits per heavy atom. The van der Waals surface area contributed by atoms with Crippen LogP contribution in [0.5, 0.6) is 5.75 Å². The van der Waals surface area contributed by atoms with Gasteiger partial charge < -0.3 is 21.1 Å². The Hall–Kier alpha value is -2.69. The summed E-state index contributed by atoms with van der Waals surface area (Å²) in [5, 5.41) is 5.57. The van der Waals surface area contributed by atoms with Crippen LogP contribution in [0.25, 0.3) is 0 Å². The molecule has 0 aliphatic carbocycles. The van der Waals surface area contributed by atoms with Crippen LogP contribution < -0.4 is 21.1 Å². The van der Waals surface area contributed by atoms with E-state index >= 15 is 0 Å². The first-order valence-electron chi connectivity index (χ1n) is 6.71. The van der Waals surface area contributed by atoms with Crippen molar-refractivity contribution in [2.75, 3.05) is 24.7 Å². The Morgan fingerprint density at radius 2 is 1.86 bits per heavy atom. The minimum Gasteiger partial charge on any atom is -0.495 e. The van der Waals surface area contributed by atoms with Crippen molar-refractivity contribution in [3.8, 4) is 5.75 Å². The van der Waals surface area contributed by atoms with Crippen molar-refractivity contribution in [3.63, 3.8) is 0 Å². The molecule has 2 aromatic rings. The second kappa shape index (κ2) is 7.19. The zero-order valence-electron chi connectivity index (χ0n) is 11.9. The Morgan fingerprint density at radius 1 is 1.14 bits per heavy atom. The predicted octanol–water partition coefficient (Wildman–Crippen LogP) is 2.64. The normalized spacial score (nSPS) is 9.95. The molecule has 0 aromatic heterocycles. The molecule has 5 nitrogen and oxygen atoms in total. The largest absolute Gasteiger partial charge is 0.495 e. The Balaban J connectivity index is 1.81. The lowest BCUT2D eigenvalue weighted by Crippen LogP contribution is -2.30. The average molecular weight is 285 g/mol. The van der Waals surface area contributed by atoms with Gasteiger partial charge >= 0.3 is 6.03 Å². The van der Waals surface area contributed by atoms with Gasteiger partial charge in [-0.1, -0.05) is 24.3 Å². The van der Waals surface area contributed by atoms with Crippen LogP contribution in [0.2, 0.25) is 0 Å². The molecule has 0 heterocycles. The van der Waals surface area contributed by atoms with Gasteiger partial charge in [0.15, 0.2) is 0 Å². The number of urea groups is 1. The van der Waals surface area contributed by atoms with Crippen molar-refractivity contribution < 1.29 is 9.53 Å². The maximum atomic E-state index is 11.8. The number of hydrogen-bond donors (Lipinski definition) is 3. The first-order chi connectivity index (χ1) is 10.2. The molecule has 0 aliphatic heterocycles. The van der Waals surface area contributed by atoms with Gasteiger partial charge in [-0.2, -0.15) is 0 Å². The highest BCUT2D eigenvalue weighted by Gasteiger charge is 2.05. The molecule has 0 aliphatic rings. The van der Waals surface area contributed by atoms with E-state index in [1.165, 1.54) is 0 Å². The zero-order valence-corrected chi connectivity index (χ0v) is 11.9. The van der Waals surface area contributed by atoms with Crippen molar-refractivity contribution in [2.45, 2.75) is 6.42 Å². The standard InChI is InChI=1S/C16H19N3O2/c1-21-15-5-3-2-4-14(15)19-16(20)18-11-10-12-6-8-13(17)9-7-12/h2-9H,10-11,17H2,1H3,(H2,18,19,20). The third-order valence-electron chi connectivity index (χ3n) is 3.03. The third-order valence-corrected chi connectivity index (χ3v) is 3.03. The fourth-order valence-corrected chi connectivity index (χ4v) is 1.92. The maximum Gasteiger partial charge on any atom is 0.319 e. The summed E-state index contributed by atoms with van der Waals surface area (Å²) in [7, 11) is 1.57. The minimum atomic E-state index is -0.255. The second-order valence-electron chi connectivity index (χ2n) is 4.57. The number of nitrogens with one attached hydrogen (secondary N) is 2. The van der Waals surface area contributed by atoms with E-state index in [0.717, 1.165) is 17.7 Å². The zero-order chi connectivity index (χ0) is 15.1. The highest BCUT2D eigenvalue weighted by atomic mass is 16.5. The van der Waals surface area contributed by atoms with E-state index in [1.54, 1.807) is 19.2 Å². The summed E-state index contributed by atoms with van der Waals surface area (Å²) in [4.78, 5) is 11.8. The number of anilines is 2. The summed E-state index contributed by atoms with van der Waals surface area (Å²) in [6.45, 7) is 0.547. The molecule has 2 amide bonds. The number of carbonyl (C=O) groups excluding carboxylic acids is 1. The first kappa shape index (κ1) is 14.7. The van der Waals surface area contributed by atoms with E-state index < -0.39 is 0 Å². The van der Waals surface area contributed by atoms with E-state index in [2.05, 4.69) is 10.6 Å². The summed E-state index contributed by atoms with van der Waals surface area (Å²) in [6.07, 6.45) is 0.750. The minimum absolute atomic E-state index is 0.255. The second-order valence-corrected chi connectivity index (χ2v) is 4.57. The molecule has 0 atom stereocenters. The van der Waals surface area contributed by atoms with Gasteiger partial charge in [-0.05, 0) is 36.2 Å². The van der Waals surface area contributed by atoms with Gasteiger partial charge in [-0.3, -0.25) is 0 Å². The van der Waals surface area contributed by atoms with E-state index in [1.807, 2.05) is 36.4 Å². The number of hydrogen-bond acceptors (Lipinski definition) is 3. The summed E-state index contributed by atoms with van der Waals surface area (Å²) in [5.41, 5.74) is 8.13. The maximum absolute atomic E-state index is 11.8. The number of nitrogens with two attached hydrogens (primary N) is 1. The molecular weight excluding hydrogens is 266 g/mol. The molecule has 21 heavy (non-hydrogen) atoms. The topological polar surface area (TPSA) is 76.4 Å². The van der Waals surface area contributed by atoms with Gasteiger partial charge in [-0.25, -0.2) is 4.79 Å². The number of ether oxygens (including phenoxy) is 1. The molecule has 0 fully saturated rings. The Kier molecular flexibility index (Phi) is 5.04.